The lowest BCUT2D eigenvalue weighted by molar-refractivity contribution is 0.292. The van der Waals surface area contributed by atoms with Gasteiger partial charge < -0.3 is 5.32 Å². The highest BCUT2D eigenvalue weighted by Crippen LogP contribution is 2.40. The molecule has 1 saturated carbocycles. The van der Waals surface area contributed by atoms with Crippen LogP contribution in [0.4, 0.5) is 0 Å². The Morgan fingerprint density at radius 2 is 1.95 bits per heavy atom. The first kappa shape index (κ1) is 16.8. The average molecular weight is 379 g/mol. The molecule has 1 aromatic rings. The second-order valence-corrected chi connectivity index (χ2v) is 8.62. The number of thiophene rings is 1. The van der Waals surface area contributed by atoms with Crippen LogP contribution >= 0.6 is 38.9 Å². The van der Waals surface area contributed by atoms with Crippen LogP contribution in [0.25, 0.3) is 0 Å². The number of hydrogen-bond acceptors (Lipinski definition) is 2. The molecule has 0 saturated heterocycles. The van der Waals surface area contributed by atoms with Crippen molar-refractivity contribution in [3.63, 3.8) is 0 Å². The molecule has 0 radical (unpaired) electrons. The van der Waals surface area contributed by atoms with Crippen molar-refractivity contribution in [3.8, 4) is 0 Å². The lowest BCUT2D eigenvalue weighted by atomic mass is 9.85. The van der Waals surface area contributed by atoms with E-state index in [2.05, 4.69) is 34.2 Å². The summed E-state index contributed by atoms with van der Waals surface area (Å²) < 4.78 is 1.07. The zero-order chi connectivity index (χ0) is 14.4. The Morgan fingerprint density at radius 3 is 2.50 bits per heavy atom. The standard InChI is InChI=1S/C16H25BrClNS/c1-2-10-19-15(14-11-13(18)16(17)20-14)12-8-6-4-3-5-7-9-12/h11-12,15,19H,2-10H2,1H3. The Morgan fingerprint density at radius 1 is 1.30 bits per heavy atom. The molecule has 2 rings (SSSR count). The fourth-order valence-corrected chi connectivity index (χ4v) is 5.05. The maximum Gasteiger partial charge on any atom is 0.0887 e. The highest BCUT2D eigenvalue weighted by atomic mass is 79.9. The van der Waals surface area contributed by atoms with Gasteiger partial charge in [0.2, 0.25) is 0 Å². The van der Waals surface area contributed by atoms with Crippen LogP contribution < -0.4 is 5.32 Å². The van der Waals surface area contributed by atoms with E-state index in [0.29, 0.717) is 6.04 Å². The van der Waals surface area contributed by atoms with Crippen molar-refractivity contribution in [2.45, 2.75) is 64.3 Å². The first-order valence-corrected chi connectivity index (χ1v) is 9.89. The molecule has 4 heteroatoms. The number of hydrogen-bond donors (Lipinski definition) is 1. The van der Waals surface area contributed by atoms with Crippen molar-refractivity contribution >= 4 is 38.9 Å². The highest BCUT2D eigenvalue weighted by Gasteiger charge is 2.25. The third-order valence-electron chi connectivity index (χ3n) is 4.21. The summed E-state index contributed by atoms with van der Waals surface area (Å²) in [5, 5.41) is 4.64. The van der Waals surface area contributed by atoms with Crippen molar-refractivity contribution in [1.29, 1.82) is 0 Å². The summed E-state index contributed by atoms with van der Waals surface area (Å²) in [5.74, 6) is 0.767. The molecular formula is C16H25BrClNS. The van der Waals surface area contributed by atoms with Crippen molar-refractivity contribution in [2.24, 2.45) is 5.92 Å². The van der Waals surface area contributed by atoms with Gasteiger partial charge in [-0.1, -0.05) is 50.6 Å². The molecule has 1 N–H and O–H groups in total. The Kier molecular flexibility index (Phi) is 7.37. The van der Waals surface area contributed by atoms with Crippen LogP contribution in [0, 0.1) is 5.92 Å². The van der Waals surface area contributed by atoms with Gasteiger partial charge in [-0.25, -0.2) is 0 Å². The van der Waals surface area contributed by atoms with Crippen LogP contribution in [0.2, 0.25) is 5.02 Å². The van der Waals surface area contributed by atoms with E-state index in [1.54, 1.807) is 11.3 Å². The molecule has 0 bridgehead atoms. The van der Waals surface area contributed by atoms with Gasteiger partial charge in [0.05, 0.1) is 8.81 Å². The molecule has 114 valence electrons. The first-order chi connectivity index (χ1) is 9.72. The molecule has 1 aliphatic rings. The quantitative estimate of drug-likeness (QED) is 0.611. The van der Waals surface area contributed by atoms with Crippen molar-refractivity contribution in [1.82, 2.24) is 5.32 Å². The Balaban J connectivity index is 2.12. The molecule has 1 aromatic heterocycles. The lowest BCUT2D eigenvalue weighted by Gasteiger charge is -2.29. The third kappa shape index (κ3) is 4.72. The Labute approximate surface area is 140 Å². The summed E-state index contributed by atoms with van der Waals surface area (Å²) >= 11 is 11.6. The first-order valence-electron chi connectivity index (χ1n) is 7.90. The lowest BCUT2D eigenvalue weighted by Crippen LogP contribution is -2.29. The van der Waals surface area contributed by atoms with Crippen molar-refractivity contribution in [2.75, 3.05) is 6.54 Å². The van der Waals surface area contributed by atoms with Gasteiger partial charge in [-0.2, -0.15) is 0 Å². The van der Waals surface area contributed by atoms with E-state index in [1.165, 1.54) is 56.2 Å². The van der Waals surface area contributed by atoms with E-state index in [-0.39, 0.29) is 0 Å². The minimum atomic E-state index is 0.488. The van der Waals surface area contributed by atoms with Gasteiger partial charge in [0.25, 0.3) is 0 Å². The van der Waals surface area contributed by atoms with Crippen LogP contribution in [0.15, 0.2) is 9.85 Å². The molecule has 0 aliphatic heterocycles. The van der Waals surface area contributed by atoms with Gasteiger partial charge in [0.15, 0.2) is 0 Å². The van der Waals surface area contributed by atoms with Crippen molar-refractivity contribution < 1.29 is 0 Å². The maximum absolute atomic E-state index is 6.24. The van der Waals surface area contributed by atoms with Gasteiger partial charge in [-0.05, 0) is 53.7 Å². The molecular weight excluding hydrogens is 354 g/mol. The summed E-state index contributed by atoms with van der Waals surface area (Å²) in [5.41, 5.74) is 0. The second kappa shape index (κ2) is 8.77. The van der Waals surface area contributed by atoms with Crippen LogP contribution in [0.3, 0.4) is 0 Å². The molecule has 1 atom stereocenters. The van der Waals surface area contributed by atoms with E-state index < -0.39 is 0 Å². The van der Waals surface area contributed by atoms with E-state index in [1.807, 2.05) is 0 Å². The minimum absolute atomic E-state index is 0.488. The van der Waals surface area contributed by atoms with Gasteiger partial charge in [-0.3, -0.25) is 0 Å². The SMILES string of the molecule is CCCNC(c1cc(Cl)c(Br)s1)C1CCCCCCC1. The number of halogens is 2. The molecule has 1 aliphatic carbocycles. The van der Waals surface area contributed by atoms with Gasteiger partial charge >= 0.3 is 0 Å². The summed E-state index contributed by atoms with van der Waals surface area (Å²) in [6.45, 7) is 3.33. The molecule has 1 unspecified atom stereocenters. The topological polar surface area (TPSA) is 12.0 Å². The molecule has 1 nitrogen and oxygen atoms in total. The molecule has 0 aromatic carbocycles. The highest BCUT2D eigenvalue weighted by molar-refractivity contribution is 9.11. The largest absolute Gasteiger partial charge is 0.309 e. The van der Waals surface area contributed by atoms with Gasteiger partial charge in [-0.15, -0.1) is 11.3 Å². The van der Waals surface area contributed by atoms with E-state index in [9.17, 15) is 0 Å². The van der Waals surface area contributed by atoms with E-state index in [4.69, 9.17) is 11.6 Å². The fraction of sp³-hybridized carbons (Fsp3) is 0.750. The summed E-state index contributed by atoms with van der Waals surface area (Å²) in [6.07, 6.45) is 10.9. The van der Waals surface area contributed by atoms with Crippen LogP contribution in [0.5, 0.6) is 0 Å². The predicted molar refractivity (Wildman–Crippen MR) is 93.9 cm³/mol. The van der Waals surface area contributed by atoms with E-state index >= 15 is 0 Å². The van der Waals surface area contributed by atoms with Gasteiger partial charge in [0.1, 0.15) is 0 Å². The Hall–Kier alpha value is 0.430. The zero-order valence-electron chi connectivity index (χ0n) is 12.3. The average Bonchev–Trinajstić information content (AvgIpc) is 2.71. The third-order valence-corrected chi connectivity index (χ3v) is 6.76. The predicted octanol–water partition coefficient (Wildman–Crippen LogP) is 6.57. The van der Waals surface area contributed by atoms with Crippen molar-refractivity contribution in [3.05, 3.63) is 19.8 Å². The van der Waals surface area contributed by atoms with Crippen LogP contribution in [0.1, 0.15) is 69.2 Å². The molecule has 0 spiro atoms. The smallest absolute Gasteiger partial charge is 0.0887 e. The maximum atomic E-state index is 6.24. The monoisotopic (exact) mass is 377 g/mol. The molecule has 0 amide bonds. The second-order valence-electron chi connectivity index (χ2n) is 5.81. The minimum Gasteiger partial charge on any atom is -0.309 e. The van der Waals surface area contributed by atoms with Crippen LogP contribution in [-0.4, -0.2) is 6.54 Å². The number of nitrogens with one attached hydrogen (secondary N) is 1. The Bertz CT molecular complexity index is 380. The molecule has 20 heavy (non-hydrogen) atoms. The summed E-state index contributed by atoms with van der Waals surface area (Å²) in [4.78, 5) is 1.40. The van der Waals surface area contributed by atoms with Crippen LogP contribution in [-0.2, 0) is 0 Å². The summed E-state index contributed by atoms with van der Waals surface area (Å²) in [6, 6.07) is 2.64. The normalized spacial score (nSPS) is 19.6. The number of rotatable bonds is 5. The van der Waals surface area contributed by atoms with Gasteiger partial charge in [0, 0.05) is 10.9 Å². The molecule has 1 heterocycles. The zero-order valence-corrected chi connectivity index (χ0v) is 15.4. The molecule has 1 fully saturated rings. The summed E-state index contributed by atoms with van der Waals surface area (Å²) in [7, 11) is 0. The fourth-order valence-electron chi connectivity index (χ4n) is 3.14. The van der Waals surface area contributed by atoms with E-state index in [0.717, 1.165) is 21.3 Å².